The molecule has 2 heteroatoms. The van der Waals surface area contributed by atoms with Gasteiger partial charge in [-0.2, -0.15) is 0 Å². The van der Waals surface area contributed by atoms with Crippen molar-refractivity contribution in [3.05, 3.63) is 47.0 Å². The highest BCUT2D eigenvalue weighted by molar-refractivity contribution is 6.07. The van der Waals surface area contributed by atoms with Crippen molar-refractivity contribution >= 4 is 23.3 Å². The van der Waals surface area contributed by atoms with E-state index in [0.29, 0.717) is 11.1 Å². The molecule has 0 fully saturated rings. The summed E-state index contributed by atoms with van der Waals surface area (Å²) in [5.74, 6) is 0. The molecule has 2 aromatic carbocycles. The number of benzene rings is 2. The third kappa shape index (κ3) is 4.75. The second-order valence-corrected chi connectivity index (χ2v) is 6.24. The highest BCUT2D eigenvalue weighted by atomic mass is 16.1. The highest BCUT2D eigenvalue weighted by Crippen LogP contribution is 2.24. The molecule has 0 spiro atoms. The van der Waals surface area contributed by atoms with Gasteiger partial charge in [0.25, 0.3) is 0 Å². The number of hydrogen-bond acceptors (Lipinski definition) is 2. The first-order valence-electron chi connectivity index (χ1n) is 8.76. The lowest BCUT2D eigenvalue weighted by Gasteiger charge is -2.08. The van der Waals surface area contributed by atoms with E-state index >= 15 is 0 Å². The molecule has 0 saturated heterocycles. The lowest BCUT2D eigenvalue weighted by Crippen LogP contribution is -1.94. The molecule has 122 valence electrons. The van der Waals surface area contributed by atoms with E-state index in [-0.39, 0.29) is 0 Å². The minimum absolute atomic E-state index is 0.590. The van der Waals surface area contributed by atoms with Gasteiger partial charge in [0.05, 0.1) is 0 Å². The highest BCUT2D eigenvalue weighted by Gasteiger charge is 2.08. The van der Waals surface area contributed by atoms with Gasteiger partial charge in [-0.15, -0.1) is 0 Å². The van der Waals surface area contributed by atoms with Crippen LogP contribution in [0, 0.1) is 0 Å². The third-order valence-corrected chi connectivity index (χ3v) is 4.42. The number of hydrogen-bond donors (Lipinski definition) is 0. The molecule has 0 unspecified atom stereocenters. The van der Waals surface area contributed by atoms with Gasteiger partial charge in [0.2, 0.25) is 0 Å². The second-order valence-electron chi connectivity index (χ2n) is 6.24. The summed E-state index contributed by atoms with van der Waals surface area (Å²) in [6.07, 6.45) is 11.7. The van der Waals surface area contributed by atoms with Crippen LogP contribution < -0.4 is 0 Å². The maximum Gasteiger partial charge on any atom is 0.150 e. The van der Waals surface area contributed by atoms with E-state index in [9.17, 15) is 9.59 Å². The number of carbonyl (C=O) groups excluding carboxylic acids is 2. The molecule has 0 N–H and O–H groups in total. The average molecular weight is 310 g/mol. The Labute approximate surface area is 138 Å². The van der Waals surface area contributed by atoms with Crippen molar-refractivity contribution in [1.29, 1.82) is 0 Å². The molecule has 0 atom stereocenters. The van der Waals surface area contributed by atoms with Gasteiger partial charge in [0.1, 0.15) is 0 Å². The van der Waals surface area contributed by atoms with Crippen LogP contribution in [-0.2, 0) is 6.42 Å². The lowest BCUT2D eigenvalue weighted by atomic mass is 9.95. The Hall–Kier alpha value is -1.96. The van der Waals surface area contributed by atoms with Gasteiger partial charge in [0, 0.05) is 16.5 Å². The lowest BCUT2D eigenvalue weighted by molar-refractivity contribution is 0.112. The molecule has 0 aliphatic rings. The topological polar surface area (TPSA) is 34.1 Å². The standard InChI is InChI=1S/C21H26O2/c1-2-3-4-5-6-7-8-10-17-13-18-11-9-12-19(15-22)21(18)20(14-17)16-23/h9,11-16H,2-8,10H2,1H3. The molecule has 0 radical (unpaired) electrons. The third-order valence-electron chi connectivity index (χ3n) is 4.42. The Kier molecular flexibility index (Phi) is 6.99. The molecule has 2 rings (SSSR count). The van der Waals surface area contributed by atoms with Crippen LogP contribution >= 0.6 is 0 Å². The number of aryl methyl sites for hydroxylation is 1. The molecule has 0 aromatic heterocycles. The maximum absolute atomic E-state index is 11.4. The zero-order valence-electron chi connectivity index (χ0n) is 14.0. The summed E-state index contributed by atoms with van der Waals surface area (Å²) in [6, 6.07) is 9.67. The summed E-state index contributed by atoms with van der Waals surface area (Å²) in [7, 11) is 0. The Morgan fingerprint density at radius 1 is 0.826 bits per heavy atom. The summed E-state index contributed by atoms with van der Waals surface area (Å²) in [4.78, 5) is 22.6. The molecular weight excluding hydrogens is 284 g/mol. The van der Waals surface area contributed by atoms with Crippen molar-refractivity contribution in [2.24, 2.45) is 0 Å². The van der Waals surface area contributed by atoms with Crippen LogP contribution in [0.25, 0.3) is 10.8 Å². The van der Waals surface area contributed by atoms with Crippen LogP contribution in [0.15, 0.2) is 30.3 Å². The van der Waals surface area contributed by atoms with Crippen LogP contribution in [0.1, 0.15) is 78.1 Å². The summed E-state index contributed by atoms with van der Waals surface area (Å²) in [5, 5.41) is 1.76. The van der Waals surface area contributed by atoms with Crippen LogP contribution in [0.2, 0.25) is 0 Å². The van der Waals surface area contributed by atoms with E-state index in [0.717, 1.165) is 36.2 Å². The van der Waals surface area contributed by atoms with Gasteiger partial charge < -0.3 is 0 Å². The van der Waals surface area contributed by atoms with Crippen LogP contribution in [0.4, 0.5) is 0 Å². The van der Waals surface area contributed by atoms with Crippen LogP contribution in [0.5, 0.6) is 0 Å². The molecule has 0 amide bonds. The zero-order valence-corrected chi connectivity index (χ0v) is 14.0. The zero-order chi connectivity index (χ0) is 16.5. The van der Waals surface area contributed by atoms with Crippen LogP contribution in [0.3, 0.4) is 0 Å². The summed E-state index contributed by atoms with van der Waals surface area (Å²) in [5.41, 5.74) is 2.41. The fourth-order valence-electron chi connectivity index (χ4n) is 3.18. The first kappa shape index (κ1) is 17.4. The number of fused-ring (bicyclic) bond motifs is 1. The van der Waals surface area contributed by atoms with Crippen molar-refractivity contribution in [1.82, 2.24) is 0 Å². The van der Waals surface area contributed by atoms with Crippen LogP contribution in [-0.4, -0.2) is 12.6 Å². The minimum Gasteiger partial charge on any atom is -0.298 e. The predicted octanol–water partition coefficient (Wildman–Crippen LogP) is 5.76. The first-order valence-corrected chi connectivity index (χ1v) is 8.76. The average Bonchev–Trinajstić information content (AvgIpc) is 2.59. The molecule has 0 saturated carbocycles. The van der Waals surface area contributed by atoms with E-state index in [1.54, 1.807) is 6.07 Å². The van der Waals surface area contributed by atoms with Gasteiger partial charge in [0.15, 0.2) is 12.6 Å². The SMILES string of the molecule is CCCCCCCCCc1cc(C=O)c2c(C=O)cccc2c1. The number of rotatable bonds is 10. The second kappa shape index (κ2) is 9.24. The first-order chi connectivity index (χ1) is 11.3. The molecule has 0 aliphatic heterocycles. The van der Waals surface area contributed by atoms with E-state index in [1.165, 1.54) is 44.1 Å². The molecule has 2 nitrogen and oxygen atoms in total. The maximum atomic E-state index is 11.4. The fourth-order valence-corrected chi connectivity index (χ4v) is 3.18. The number of unbranched alkanes of at least 4 members (excludes halogenated alkanes) is 6. The van der Waals surface area contributed by atoms with Gasteiger partial charge >= 0.3 is 0 Å². The molecule has 0 bridgehead atoms. The van der Waals surface area contributed by atoms with E-state index in [1.807, 2.05) is 18.2 Å². The molecule has 0 aliphatic carbocycles. The molecule has 2 aromatic rings. The van der Waals surface area contributed by atoms with Crippen molar-refractivity contribution in [3.8, 4) is 0 Å². The van der Waals surface area contributed by atoms with Crippen molar-refractivity contribution in [2.75, 3.05) is 0 Å². The fraction of sp³-hybridized carbons (Fsp3) is 0.429. The quantitative estimate of drug-likeness (QED) is 0.413. The normalized spacial score (nSPS) is 10.8. The smallest absolute Gasteiger partial charge is 0.150 e. The van der Waals surface area contributed by atoms with Crippen molar-refractivity contribution in [2.45, 2.75) is 58.3 Å². The monoisotopic (exact) mass is 310 g/mol. The summed E-state index contributed by atoms with van der Waals surface area (Å²) >= 11 is 0. The van der Waals surface area contributed by atoms with E-state index < -0.39 is 0 Å². The van der Waals surface area contributed by atoms with Gasteiger partial charge in [-0.05, 0) is 29.9 Å². The summed E-state index contributed by atoms with van der Waals surface area (Å²) in [6.45, 7) is 2.24. The van der Waals surface area contributed by atoms with E-state index in [2.05, 4.69) is 13.0 Å². The Morgan fingerprint density at radius 3 is 2.22 bits per heavy atom. The van der Waals surface area contributed by atoms with Gasteiger partial charge in [-0.3, -0.25) is 9.59 Å². The Bertz CT molecular complexity index is 658. The molecule has 0 heterocycles. The van der Waals surface area contributed by atoms with Gasteiger partial charge in [-0.1, -0.05) is 69.7 Å². The minimum atomic E-state index is 0.590. The van der Waals surface area contributed by atoms with Crippen molar-refractivity contribution in [3.63, 3.8) is 0 Å². The largest absolute Gasteiger partial charge is 0.298 e. The Balaban J connectivity index is 2.02. The van der Waals surface area contributed by atoms with Gasteiger partial charge in [-0.25, -0.2) is 0 Å². The van der Waals surface area contributed by atoms with E-state index in [4.69, 9.17) is 0 Å². The number of aldehydes is 2. The Morgan fingerprint density at radius 2 is 1.52 bits per heavy atom. The number of carbonyl (C=O) groups is 2. The molecule has 23 heavy (non-hydrogen) atoms. The predicted molar refractivity (Wildman–Crippen MR) is 96.4 cm³/mol. The molecular formula is C21H26O2. The summed E-state index contributed by atoms with van der Waals surface area (Å²) < 4.78 is 0. The van der Waals surface area contributed by atoms with Crippen molar-refractivity contribution < 1.29 is 9.59 Å².